The normalized spacial score (nSPS) is 21.6. The Labute approximate surface area is 155 Å². The number of carbonyl (C=O) groups is 1. The van der Waals surface area contributed by atoms with Crippen LogP contribution in [-0.4, -0.2) is 39.0 Å². The van der Waals surface area contributed by atoms with E-state index in [1.807, 2.05) is 6.07 Å². The molecule has 1 atom stereocenters. The number of carbonyl (C=O) groups excluding carboxylic acids is 1. The summed E-state index contributed by atoms with van der Waals surface area (Å²) in [7, 11) is 0. The zero-order valence-electron chi connectivity index (χ0n) is 14.6. The number of benzene rings is 1. The summed E-state index contributed by atoms with van der Waals surface area (Å²) >= 11 is 0. The monoisotopic (exact) mass is 367 g/mol. The minimum atomic E-state index is -0.449. The van der Waals surface area contributed by atoms with Gasteiger partial charge in [-0.25, -0.2) is 9.37 Å². The summed E-state index contributed by atoms with van der Waals surface area (Å²) in [5.74, 6) is 0.494. The number of imidazole rings is 1. The van der Waals surface area contributed by atoms with Gasteiger partial charge < -0.3 is 18.6 Å². The molecule has 7 heteroatoms. The van der Waals surface area contributed by atoms with Crippen molar-refractivity contribution in [2.45, 2.75) is 25.2 Å². The molecule has 2 aromatic heterocycles. The Hall–Kier alpha value is -2.93. The highest BCUT2D eigenvalue weighted by atomic mass is 19.1. The van der Waals surface area contributed by atoms with Gasteiger partial charge in [-0.15, -0.1) is 0 Å². The SMILES string of the molecule is O=C(c1ccoc1)N1CCC2(C1)Cn1c(-c3cccc(F)c3)cnc1CO2. The largest absolute Gasteiger partial charge is 0.472 e. The Morgan fingerprint density at radius 1 is 1.26 bits per heavy atom. The Morgan fingerprint density at radius 3 is 3.00 bits per heavy atom. The Balaban J connectivity index is 1.41. The second-order valence-corrected chi connectivity index (χ2v) is 7.12. The van der Waals surface area contributed by atoms with Gasteiger partial charge in [0.15, 0.2) is 0 Å². The highest BCUT2D eigenvalue weighted by molar-refractivity contribution is 5.94. The number of nitrogens with zero attached hydrogens (tertiary/aromatic N) is 3. The summed E-state index contributed by atoms with van der Waals surface area (Å²) in [6.45, 7) is 2.10. The van der Waals surface area contributed by atoms with Crippen LogP contribution in [0.3, 0.4) is 0 Å². The maximum Gasteiger partial charge on any atom is 0.257 e. The fourth-order valence-electron chi connectivity index (χ4n) is 3.97. The summed E-state index contributed by atoms with van der Waals surface area (Å²) in [6, 6.07) is 8.18. The number of ether oxygens (including phenoxy) is 1. The van der Waals surface area contributed by atoms with E-state index in [-0.39, 0.29) is 11.7 Å². The topological polar surface area (TPSA) is 60.5 Å². The third-order valence-corrected chi connectivity index (χ3v) is 5.38. The van der Waals surface area contributed by atoms with Crippen molar-refractivity contribution in [2.24, 2.45) is 0 Å². The molecule has 27 heavy (non-hydrogen) atoms. The molecule has 2 aliphatic heterocycles. The number of aromatic nitrogens is 2. The molecule has 1 saturated heterocycles. The van der Waals surface area contributed by atoms with Crippen molar-refractivity contribution in [1.29, 1.82) is 0 Å². The maximum absolute atomic E-state index is 13.7. The minimum Gasteiger partial charge on any atom is -0.472 e. The second kappa shape index (κ2) is 6.06. The molecule has 1 aromatic carbocycles. The molecule has 0 N–H and O–H groups in total. The average molecular weight is 367 g/mol. The Morgan fingerprint density at radius 2 is 2.19 bits per heavy atom. The molecular weight excluding hydrogens is 349 g/mol. The number of halogens is 1. The Kier molecular flexibility index (Phi) is 3.65. The first-order valence-corrected chi connectivity index (χ1v) is 8.89. The van der Waals surface area contributed by atoms with E-state index in [9.17, 15) is 9.18 Å². The van der Waals surface area contributed by atoms with Crippen molar-refractivity contribution in [3.63, 3.8) is 0 Å². The number of rotatable bonds is 2. The van der Waals surface area contributed by atoms with Gasteiger partial charge in [-0.1, -0.05) is 12.1 Å². The molecule has 3 aromatic rings. The van der Waals surface area contributed by atoms with E-state index in [0.29, 0.717) is 31.8 Å². The molecule has 1 unspecified atom stereocenters. The van der Waals surface area contributed by atoms with E-state index in [1.165, 1.54) is 24.7 Å². The van der Waals surface area contributed by atoms with Gasteiger partial charge in [0.2, 0.25) is 0 Å². The van der Waals surface area contributed by atoms with Gasteiger partial charge in [-0.05, 0) is 24.6 Å². The van der Waals surface area contributed by atoms with Crippen LogP contribution in [0.15, 0.2) is 53.5 Å². The van der Waals surface area contributed by atoms with Crippen molar-refractivity contribution in [1.82, 2.24) is 14.5 Å². The van der Waals surface area contributed by atoms with Gasteiger partial charge in [-0.3, -0.25) is 4.79 Å². The lowest BCUT2D eigenvalue weighted by molar-refractivity contribution is -0.0804. The van der Waals surface area contributed by atoms with E-state index in [4.69, 9.17) is 9.15 Å². The number of fused-ring (bicyclic) bond motifs is 1. The van der Waals surface area contributed by atoms with Crippen molar-refractivity contribution in [2.75, 3.05) is 13.1 Å². The summed E-state index contributed by atoms with van der Waals surface area (Å²) in [5.41, 5.74) is 1.75. The number of furan rings is 1. The zero-order chi connectivity index (χ0) is 18.4. The molecule has 1 amide bonds. The summed E-state index contributed by atoms with van der Waals surface area (Å²) in [6.07, 6.45) is 5.47. The summed E-state index contributed by atoms with van der Waals surface area (Å²) in [4.78, 5) is 18.8. The number of hydrogen-bond acceptors (Lipinski definition) is 4. The quantitative estimate of drug-likeness (QED) is 0.698. The molecule has 0 aliphatic carbocycles. The van der Waals surface area contributed by atoms with Crippen molar-refractivity contribution in [3.8, 4) is 11.3 Å². The van der Waals surface area contributed by atoms with Crippen LogP contribution in [0.1, 0.15) is 22.6 Å². The second-order valence-electron chi connectivity index (χ2n) is 7.12. The highest BCUT2D eigenvalue weighted by Gasteiger charge is 2.44. The third kappa shape index (κ3) is 2.75. The van der Waals surface area contributed by atoms with Crippen molar-refractivity contribution < 1.29 is 18.3 Å². The van der Waals surface area contributed by atoms with Crippen LogP contribution < -0.4 is 0 Å². The molecule has 0 bridgehead atoms. The van der Waals surface area contributed by atoms with E-state index in [0.717, 1.165) is 23.5 Å². The van der Waals surface area contributed by atoms with Gasteiger partial charge in [0, 0.05) is 12.1 Å². The number of likely N-dealkylation sites (tertiary alicyclic amines) is 1. The third-order valence-electron chi connectivity index (χ3n) is 5.38. The summed E-state index contributed by atoms with van der Waals surface area (Å²) in [5, 5.41) is 0. The molecule has 0 radical (unpaired) electrons. The van der Waals surface area contributed by atoms with Crippen molar-refractivity contribution >= 4 is 5.91 Å². The molecule has 6 nitrogen and oxygen atoms in total. The average Bonchev–Trinajstić information content (AvgIpc) is 3.41. The van der Waals surface area contributed by atoms with E-state index >= 15 is 0 Å². The molecule has 5 rings (SSSR count). The van der Waals surface area contributed by atoms with E-state index < -0.39 is 5.60 Å². The van der Waals surface area contributed by atoms with Crippen LogP contribution in [0.5, 0.6) is 0 Å². The van der Waals surface area contributed by atoms with Gasteiger partial charge in [0.25, 0.3) is 5.91 Å². The number of hydrogen-bond donors (Lipinski definition) is 0. The molecule has 1 fully saturated rings. The van der Waals surface area contributed by atoms with Crippen LogP contribution in [0.2, 0.25) is 0 Å². The summed E-state index contributed by atoms with van der Waals surface area (Å²) < 4.78 is 26.9. The van der Waals surface area contributed by atoms with Gasteiger partial charge >= 0.3 is 0 Å². The molecule has 138 valence electrons. The van der Waals surface area contributed by atoms with Crippen LogP contribution in [0.4, 0.5) is 4.39 Å². The molecular formula is C20H18FN3O3. The molecule has 1 spiro atoms. The van der Waals surface area contributed by atoms with E-state index in [1.54, 1.807) is 23.2 Å². The molecule has 0 saturated carbocycles. The van der Waals surface area contributed by atoms with Crippen LogP contribution >= 0.6 is 0 Å². The highest BCUT2D eigenvalue weighted by Crippen LogP contribution is 2.35. The standard InChI is InChI=1S/C20H18FN3O3/c21-16-3-1-2-14(8-16)17-9-22-18-11-27-20(13-24(17)18)5-6-23(12-20)19(25)15-4-7-26-10-15/h1-4,7-10H,5-6,11-13H2. The first-order valence-electron chi connectivity index (χ1n) is 8.89. The first kappa shape index (κ1) is 16.3. The van der Waals surface area contributed by atoms with Gasteiger partial charge in [-0.2, -0.15) is 0 Å². The van der Waals surface area contributed by atoms with Crippen LogP contribution in [0, 0.1) is 5.82 Å². The molecule has 4 heterocycles. The first-order chi connectivity index (χ1) is 13.1. The smallest absolute Gasteiger partial charge is 0.257 e. The van der Waals surface area contributed by atoms with Crippen LogP contribution in [0.25, 0.3) is 11.3 Å². The lowest BCUT2D eigenvalue weighted by atomic mass is 10.0. The maximum atomic E-state index is 13.7. The minimum absolute atomic E-state index is 0.0500. The number of amides is 1. The molecule has 2 aliphatic rings. The van der Waals surface area contributed by atoms with Gasteiger partial charge in [0.1, 0.15) is 30.1 Å². The van der Waals surface area contributed by atoms with Crippen LogP contribution in [-0.2, 0) is 17.9 Å². The fraction of sp³-hybridized carbons (Fsp3) is 0.300. The van der Waals surface area contributed by atoms with Crippen molar-refractivity contribution in [3.05, 3.63) is 66.3 Å². The Bertz CT molecular complexity index is 998. The fourth-order valence-corrected chi connectivity index (χ4v) is 3.97. The lowest BCUT2D eigenvalue weighted by Crippen LogP contribution is -2.45. The zero-order valence-corrected chi connectivity index (χ0v) is 14.6. The predicted molar refractivity (Wildman–Crippen MR) is 94.4 cm³/mol. The van der Waals surface area contributed by atoms with E-state index in [2.05, 4.69) is 9.55 Å². The predicted octanol–water partition coefficient (Wildman–Crippen LogP) is 3.10. The van der Waals surface area contributed by atoms with Gasteiger partial charge in [0.05, 0.1) is 36.8 Å². The lowest BCUT2D eigenvalue weighted by Gasteiger charge is -2.35.